The van der Waals surface area contributed by atoms with Crippen LogP contribution in [0.4, 0.5) is 15.8 Å². The van der Waals surface area contributed by atoms with Crippen molar-refractivity contribution in [2.75, 3.05) is 11.9 Å². The van der Waals surface area contributed by atoms with Crippen LogP contribution < -0.4 is 5.32 Å². The largest absolute Gasteiger partial charge is 0.379 e. The van der Waals surface area contributed by atoms with Gasteiger partial charge in [-0.1, -0.05) is 30.3 Å². The second-order valence-electron chi connectivity index (χ2n) is 4.54. The fraction of sp³-hybridized carbons (Fsp3) is 0.200. The van der Waals surface area contributed by atoms with Crippen LogP contribution in [0.2, 0.25) is 0 Å². The van der Waals surface area contributed by atoms with E-state index in [1.807, 2.05) is 30.3 Å². The smallest absolute Gasteiger partial charge is 0.295 e. The molecule has 0 atom stereocenters. The van der Waals surface area contributed by atoms with Crippen molar-refractivity contribution < 1.29 is 9.31 Å². The Labute approximate surface area is 116 Å². The molecule has 0 radical (unpaired) electrons. The molecular formula is C15H15FN2O2. The van der Waals surface area contributed by atoms with E-state index in [9.17, 15) is 14.5 Å². The third-order valence-electron chi connectivity index (χ3n) is 3.05. The van der Waals surface area contributed by atoms with Crippen molar-refractivity contribution >= 4 is 11.4 Å². The van der Waals surface area contributed by atoms with Gasteiger partial charge in [0.2, 0.25) is 0 Å². The van der Waals surface area contributed by atoms with E-state index in [0.717, 1.165) is 18.1 Å². The lowest BCUT2D eigenvalue weighted by Crippen LogP contribution is -2.07. The molecule has 1 N–H and O–H groups in total. The van der Waals surface area contributed by atoms with E-state index in [1.165, 1.54) is 6.07 Å². The van der Waals surface area contributed by atoms with E-state index >= 15 is 0 Å². The number of nitro benzene ring substituents is 1. The molecule has 0 unspecified atom stereocenters. The zero-order valence-corrected chi connectivity index (χ0v) is 11.1. The van der Waals surface area contributed by atoms with Gasteiger partial charge in [0, 0.05) is 6.54 Å². The Balaban J connectivity index is 2.09. The molecule has 0 amide bonds. The Morgan fingerprint density at radius 1 is 1.25 bits per heavy atom. The molecule has 0 saturated heterocycles. The first-order valence-electron chi connectivity index (χ1n) is 6.30. The molecule has 4 nitrogen and oxygen atoms in total. The van der Waals surface area contributed by atoms with Crippen LogP contribution in [0.15, 0.2) is 42.5 Å². The maximum absolute atomic E-state index is 13.4. The van der Waals surface area contributed by atoms with Crippen LogP contribution >= 0.6 is 0 Å². The number of nitrogens with one attached hydrogen (secondary N) is 1. The van der Waals surface area contributed by atoms with Crippen molar-refractivity contribution in [3.05, 3.63) is 69.5 Å². The minimum atomic E-state index is -0.576. The second kappa shape index (κ2) is 6.14. The van der Waals surface area contributed by atoms with E-state index in [2.05, 4.69) is 5.32 Å². The standard InChI is InChI=1S/C15H15FN2O2/c1-11-9-14(15(18(19)20)10-13(11)16)17-8-7-12-5-3-2-4-6-12/h2-6,9-10,17H,7-8H2,1H3. The lowest BCUT2D eigenvalue weighted by molar-refractivity contribution is -0.384. The number of nitrogens with zero attached hydrogens (tertiary/aromatic N) is 1. The topological polar surface area (TPSA) is 55.2 Å². The van der Waals surface area contributed by atoms with E-state index in [1.54, 1.807) is 6.92 Å². The highest BCUT2D eigenvalue weighted by Gasteiger charge is 2.16. The molecular weight excluding hydrogens is 259 g/mol. The van der Waals surface area contributed by atoms with Crippen LogP contribution in [0.25, 0.3) is 0 Å². The number of halogens is 1. The lowest BCUT2D eigenvalue weighted by Gasteiger charge is -2.08. The molecule has 5 heteroatoms. The fourth-order valence-corrected chi connectivity index (χ4v) is 1.95. The molecule has 2 aromatic carbocycles. The molecule has 0 saturated carbocycles. The van der Waals surface area contributed by atoms with Crippen molar-refractivity contribution in [2.45, 2.75) is 13.3 Å². The normalized spacial score (nSPS) is 10.3. The number of nitro groups is 1. The van der Waals surface area contributed by atoms with Crippen molar-refractivity contribution in [3.63, 3.8) is 0 Å². The Bertz CT molecular complexity index is 615. The first-order valence-corrected chi connectivity index (χ1v) is 6.30. The van der Waals surface area contributed by atoms with Crippen LogP contribution in [0, 0.1) is 22.9 Å². The zero-order valence-electron chi connectivity index (χ0n) is 11.1. The summed E-state index contributed by atoms with van der Waals surface area (Å²) in [5, 5.41) is 13.9. The molecule has 0 heterocycles. The van der Waals surface area contributed by atoms with Crippen molar-refractivity contribution in [2.24, 2.45) is 0 Å². The van der Waals surface area contributed by atoms with E-state index < -0.39 is 10.7 Å². The summed E-state index contributed by atoms with van der Waals surface area (Å²) in [4.78, 5) is 10.3. The average molecular weight is 274 g/mol. The Kier molecular flexibility index (Phi) is 4.30. The Morgan fingerprint density at radius 2 is 1.95 bits per heavy atom. The number of anilines is 1. The highest BCUT2D eigenvalue weighted by molar-refractivity contribution is 5.63. The average Bonchev–Trinajstić information content (AvgIpc) is 2.43. The first-order chi connectivity index (χ1) is 9.58. The highest BCUT2D eigenvalue weighted by atomic mass is 19.1. The first kappa shape index (κ1) is 14.0. The van der Waals surface area contributed by atoms with Crippen LogP contribution in [0.5, 0.6) is 0 Å². The molecule has 0 fully saturated rings. The molecule has 0 spiro atoms. The number of aryl methyl sites for hydroxylation is 1. The number of rotatable bonds is 5. The van der Waals surface area contributed by atoms with Crippen molar-refractivity contribution in [3.8, 4) is 0 Å². The second-order valence-corrected chi connectivity index (χ2v) is 4.54. The van der Waals surface area contributed by atoms with Gasteiger partial charge < -0.3 is 5.32 Å². The van der Waals surface area contributed by atoms with E-state index in [-0.39, 0.29) is 5.69 Å². The molecule has 0 bridgehead atoms. The minimum Gasteiger partial charge on any atom is -0.379 e. The summed E-state index contributed by atoms with van der Waals surface area (Å²) in [7, 11) is 0. The van der Waals surface area contributed by atoms with Crippen molar-refractivity contribution in [1.82, 2.24) is 0 Å². The van der Waals surface area contributed by atoms with Crippen LogP contribution in [0.1, 0.15) is 11.1 Å². The van der Waals surface area contributed by atoms with Crippen molar-refractivity contribution in [1.29, 1.82) is 0 Å². The quantitative estimate of drug-likeness (QED) is 0.668. The summed E-state index contributed by atoms with van der Waals surface area (Å²) in [6.45, 7) is 2.14. The monoisotopic (exact) mass is 274 g/mol. The van der Waals surface area contributed by atoms with E-state index in [4.69, 9.17) is 0 Å². The number of benzene rings is 2. The molecule has 2 aromatic rings. The summed E-state index contributed by atoms with van der Waals surface area (Å²) in [5.74, 6) is -0.565. The molecule has 0 aromatic heterocycles. The van der Waals surface area contributed by atoms with Gasteiger partial charge in [-0.05, 0) is 30.5 Å². The van der Waals surface area contributed by atoms with Gasteiger partial charge in [0.15, 0.2) is 0 Å². The lowest BCUT2D eigenvalue weighted by atomic mass is 10.1. The summed E-state index contributed by atoms with van der Waals surface area (Å²) in [6.07, 6.45) is 0.744. The summed E-state index contributed by atoms with van der Waals surface area (Å²) < 4.78 is 13.4. The summed E-state index contributed by atoms with van der Waals surface area (Å²) >= 11 is 0. The predicted molar refractivity (Wildman–Crippen MR) is 76.4 cm³/mol. The Hall–Kier alpha value is -2.43. The maximum atomic E-state index is 13.4. The van der Waals surface area contributed by atoms with Gasteiger partial charge >= 0.3 is 0 Å². The van der Waals surface area contributed by atoms with Gasteiger partial charge in [0.1, 0.15) is 11.5 Å². The molecule has 20 heavy (non-hydrogen) atoms. The number of hydrogen-bond acceptors (Lipinski definition) is 3. The molecule has 104 valence electrons. The SMILES string of the molecule is Cc1cc(NCCc2ccccc2)c([N+](=O)[O-])cc1F. The van der Waals surface area contributed by atoms with Crippen LogP contribution in [-0.4, -0.2) is 11.5 Å². The predicted octanol–water partition coefficient (Wildman–Crippen LogP) is 3.70. The summed E-state index contributed by atoms with van der Waals surface area (Å²) in [5.41, 5.74) is 1.64. The summed E-state index contributed by atoms with van der Waals surface area (Å²) in [6, 6.07) is 12.2. The van der Waals surface area contributed by atoms with Crippen LogP contribution in [-0.2, 0) is 6.42 Å². The maximum Gasteiger partial charge on any atom is 0.295 e. The molecule has 2 rings (SSSR count). The molecule has 0 aliphatic carbocycles. The van der Waals surface area contributed by atoms with E-state index in [0.29, 0.717) is 17.8 Å². The Morgan fingerprint density at radius 3 is 2.60 bits per heavy atom. The molecule has 0 aliphatic heterocycles. The van der Waals surface area contributed by atoms with Gasteiger partial charge in [-0.3, -0.25) is 10.1 Å². The zero-order chi connectivity index (χ0) is 14.5. The van der Waals surface area contributed by atoms with Gasteiger partial charge in [-0.15, -0.1) is 0 Å². The fourth-order valence-electron chi connectivity index (χ4n) is 1.95. The third-order valence-corrected chi connectivity index (χ3v) is 3.05. The van der Waals surface area contributed by atoms with Gasteiger partial charge in [-0.25, -0.2) is 4.39 Å². The molecule has 0 aliphatic rings. The highest BCUT2D eigenvalue weighted by Crippen LogP contribution is 2.27. The minimum absolute atomic E-state index is 0.235. The van der Waals surface area contributed by atoms with Gasteiger partial charge in [0.05, 0.1) is 11.0 Å². The third kappa shape index (κ3) is 3.32. The number of hydrogen-bond donors (Lipinski definition) is 1. The van der Waals surface area contributed by atoms with Gasteiger partial charge in [0.25, 0.3) is 5.69 Å². The van der Waals surface area contributed by atoms with Crippen LogP contribution in [0.3, 0.4) is 0 Å². The van der Waals surface area contributed by atoms with Gasteiger partial charge in [-0.2, -0.15) is 0 Å².